The third kappa shape index (κ3) is 3.53. The molecule has 3 nitrogen and oxygen atoms in total. The first-order valence-electron chi connectivity index (χ1n) is 6.30. The molecule has 1 aromatic rings. The summed E-state index contributed by atoms with van der Waals surface area (Å²) >= 11 is 0. The highest BCUT2D eigenvalue weighted by atomic mass is 19.1. The smallest absolute Gasteiger partial charge is 0.216 e. The highest BCUT2D eigenvalue weighted by Gasteiger charge is 2.32. The average Bonchev–Trinajstić information content (AvgIpc) is 2.68. The molecular weight excluding hydrogens is 231 g/mol. The van der Waals surface area contributed by atoms with Crippen LogP contribution in [0, 0.1) is 5.92 Å². The topological polar surface area (TPSA) is 32.3 Å². The van der Waals surface area contributed by atoms with E-state index in [1.165, 1.54) is 12.5 Å². The van der Waals surface area contributed by atoms with Crippen LogP contribution in [0.4, 0.5) is 4.39 Å². The maximum absolute atomic E-state index is 13.8. The van der Waals surface area contributed by atoms with Crippen LogP contribution >= 0.6 is 0 Å². The van der Waals surface area contributed by atoms with Gasteiger partial charge in [0.05, 0.1) is 0 Å². The van der Waals surface area contributed by atoms with Gasteiger partial charge in [0, 0.05) is 39.0 Å². The number of hydrogen-bond donors (Lipinski definition) is 1. The van der Waals surface area contributed by atoms with Crippen molar-refractivity contribution in [1.29, 1.82) is 0 Å². The van der Waals surface area contributed by atoms with E-state index in [0.29, 0.717) is 19.6 Å². The summed E-state index contributed by atoms with van der Waals surface area (Å²) in [5.74, 6) is -0.179. The van der Waals surface area contributed by atoms with Crippen LogP contribution in [-0.4, -0.2) is 36.6 Å². The molecule has 18 heavy (non-hydrogen) atoms. The molecule has 1 aromatic carbocycles. The van der Waals surface area contributed by atoms with E-state index in [-0.39, 0.29) is 11.8 Å². The van der Waals surface area contributed by atoms with Crippen molar-refractivity contribution in [3.63, 3.8) is 0 Å². The van der Waals surface area contributed by atoms with E-state index in [9.17, 15) is 9.18 Å². The van der Waals surface area contributed by atoms with Gasteiger partial charge < -0.3 is 5.32 Å². The molecule has 0 bridgehead atoms. The van der Waals surface area contributed by atoms with E-state index in [1.807, 2.05) is 30.3 Å². The first-order valence-corrected chi connectivity index (χ1v) is 6.30. The number of nitrogens with zero attached hydrogens (tertiary/aromatic N) is 1. The van der Waals surface area contributed by atoms with Crippen molar-refractivity contribution >= 4 is 5.91 Å². The number of hydrogen-bond acceptors (Lipinski definition) is 2. The molecule has 0 radical (unpaired) electrons. The molecule has 1 fully saturated rings. The van der Waals surface area contributed by atoms with E-state index in [0.717, 1.165) is 6.54 Å². The van der Waals surface area contributed by atoms with Gasteiger partial charge in [-0.2, -0.15) is 0 Å². The van der Waals surface area contributed by atoms with Gasteiger partial charge in [-0.3, -0.25) is 9.69 Å². The summed E-state index contributed by atoms with van der Waals surface area (Å²) < 4.78 is 13.8. The van der Waals surface area contributed by atoms with Crippen molar-refractivity contribution < 1.29 is 9.18 Å². The minimum atomic E-state index is -0.847. The summed E-state index contributed by atoms with van der Waals surface area (Å²) in [6.07, 6.45) is -0.847. The van der Waals surface area contributed by atoms with Crippen molar-refractivity contribution in [3.8, 4) is 0 Å². The van der Waals surface area contributed by atoms with Crippen LogP contribution in [0.5, 0.6) is 0 Å². The molecule has 2 rings (SSSR count). The van der Waals surface area contributed by atoms with Gasteiger partial charge in [-0.05, 0) is 5.56 Å². The van der Waals surface area contributed by atoms with Gasteiger partial charge in [0.2, 0.25) is 5.91 Å². The third-order valence-electron chi connectivity index (χ3n) is 3.30. The molecule has 0 aliphatic carbocycles. The van der Waals surface area contributed by atoms with Gasteiger partial charge in [0.1, 0.15) is 6.17 Å². The van der Waals surface area contributed by atoms with Crippen molar-refractivity contribution in [2.45, 2.75) is 19.6 Å². The zero-order valence-corrected chi connectivity index (χ0v) is 10.6. The quantitative estimate of drug-likeness (QED) is 0.880. The Hall–Kier alpha value is -1.42. The number of carbonyl (C=O) groups is 1. The molecule has 4 heteroatoms. The highest BCUT2D eigenvalue weighted by Crippen LogP contribution is 2.21. The second-order valence-electron chi connectivity index (χ2n) is 4.89. The predicted molar refractivity (Wildman–Crippen MR) is 68.8 cm³/mol. The Morgan fingerprint density at radius 1 is 1.39 bits per heavy atom. The van der Waals surface area contributed by atoms with E-state index in [4.69, 9.17) is 0 Å². The van der Waals surface area contributed by atoms with Crippen LogP contribution in [0.25, 0.3) is 0 Å². The lowest BCUT2D eigenvalue weighted by Crippen LogP contribution is -2.31. The summed E-state index contributed by atoms with van der Waals surface area (Å²) in [6, 6.07) is 10.1. The van der Waals surface area contributed by atoms with Gasteiger partial charge in [0.15, 0.2) is 0 Å². The Morgan fingerprint density at radius 2 is 2.11 bits per heavy atom. The molecule has 0 saturated carbocycles. The second kappa shape index (κ2) is 5.96. The minimum Gasteiger partial charge on any atom is -0.356 e. The summed E-state index contributed by atoms with van der Waals surface area (Å²) in [5, 5.41) is 2.70. The van der Waals surface area contributed by atoms with Crippen molar-refractivity contribution in [2.24, 2.45) is 5.92 Å². The van der Waals surface area contributed by atoms with Crippen molar-refractivity contribution in [1.82, 2.24) is 10.2 Å². The SMILES string of the molecule is CC(=O)NC[C@H]1CN(Cc2ccccc2)C[C@@H]1F. The monoisotopic (exact) mass is 250 g/mol. The lowest BCUT2D eigenvalue weighted by molar-refractivity contribution is -0.119. The third-order valence-corrected chi connectivity index (χ3v) is 3.30. The van der Waals surface area contributed by atoms with Crippen molar-refractivity contribution in [2.75, 3.05) is 19.6 Å². The molecule has 1 aliphatic heterocycles. The lowest BCUT2D eigenvalue weighted by Gasteiger charge is -2.15. The fourth-order valence-electron chi connectivity index (χ4n) is 2.35. The van der Waals surface area contributed by atoms with Gasteiger partial charge in [-0.25, -0.2) is 4.39 Å². The first-order chi connectivity index (χ1) is 8.65. The maximum atomic E-state index is 13.8. The number of carbonyl (C=O) groups excluding carboxylic acids is 1. The van der Waals surface area contributed by atoms with Crippen LogP contribution in [0.15, 0.2) is 30.3 Å². The molecule has 0 spiro atoms. The molecule has 1 aliphatic rings. The Bertz CT molecular complexity index is 396. The van der Waals surface area contributed by atoms with E-state index < -0.39 is 6.17 Å². The molecule has 1 heterocycles. The van der Waals surface area contributed by atoms with Crippen LogP contribution in [0.1, 0.15) is 12.5 Å². The molecule has 1 amide bonds. The number of benzene rings is 1. The van der Waals surface area contributed by atoms with Crippen molar-refractivity contribution in [3.05, 3.63) is 35.9 Å². The normalized spacial score (nSPS) is 24.1. The molecule has 2 atom stereocenters. The summed E-state index contributed by atoms with van der Waals surface area (Å²) in [4.78, 5) is 12.9. The van der Waals surface area contributed by atoms with Gasteiger partial charge in [0.25, 0.3) is 0 Å². The zero-order chi connectivity index (χ0) is 13.0. The lowest BCUT2D eigenvalue weighted by atomic mass is 10.1. The Kier molecular flexibility index (Phi) is 4.31. The fraction of sp³-hybridized carbons (Fsp3) is 0.500. The molecule has 1 N–H and O–H groups in total. The summed E-state index contributed by atoms with van der Waals surface area (Å²) in [6.45, 7) is 3.83. The largest absolute Gasteiger partial charge is 0.356 e. The Labute approximate surface area is 107 Å². The first kappa shape index (κ1) is 13.0. The Morgan fingerprint density at radius 3 is 2.78 bits per heavy atom. The molecule has 0 unspecified atom stereocenters. The highest BCUT2D eigenvalue weighted by molar-refractivity contribution is 5.72. The van der Waals surface area contributed by atoms with Crippen LogP contribution < -0.4 is 5.32 Å². The molecule has 0 aromatic heterocycles. The maximum Gasteiger partial charge on any atom is 0.216 e. The summed E-state index contributed by atoms with van der Waals surface area (Å²) in [7, 11) is 0. The van der Waals surface area contributed by atoms with E-state index in [1.54, 1.807) is 0 Å². The number of likely N-dealkylation sites (tertiary alicyclic amines) is 1. The number of nitrogens with one attached hydrogen (secondary N) is 1. The fourth-order valence-corrected chi connectivity index (χ4v) is 2.35. The second-order valence-corrected chi connectivity index (χ2v) is 4.89. The van der Waals surface area contributed by atoms with E-state index >= 15 is 0 Å². The molecule has 98 valence electrons. The van der Waals surface area contributed by atoms with Gasteiger partial charge in [-0.15, -0.1) is 0 Å². The van der Waals surface area contributed by atoms with Crippen LogP contribution in [0.3, 0.4) is 0 Å². The molecular formula is C14H19FN2O. The standard InChI is InChI=1S/C14H19FN2O/c1-11(18)16-7-13-9-17(10-14(13)15)8-12-5-3-2-4-6-12/h2-6,13-14H,7-10H2,1H3,(H,16,18)/t13-,14-/m0/s1. The van der Waals surface area contributed by atoms with Crippen LogP contribution in [0.2, 0.25) is 0 Å². The van der Waals surface area contributed by atoms with E-state index in [2.05, 4.69) is 10.2 Å². The number of alkyl halides is 1. The van der Waals surface area contributed by atoms with Gasteiger partial charge in [-0.1, -0.05) is 30.3 Å². The van der Waals surface area contributed by atoms with Crippen LogP contribution in [-0.2, 0) is 11.3 Å². The zero-order valence-electron chi connectivity index (χ0n) is 10.6. The predicted octanol–water partition coefficient (Wildman–Crippen LogP) is 1.59. The average molecular weight is 250 g/mol. The summed E-state index contributed by atoms with van der Waals surface area (Å²) in [5.41, 5.74) is 1.20. The molecule has 1 saturated heterocycles. The minimum absolute atomic E-state index is 0.0855. The number of amides is 1. The Balaban J connectivity index is 1.84. The number of rotatable bonds is 4. The van der Waals surface area contributed by atoms with Gasteiger partial charge >= 0.3 is 0 Å². The number of halogens is 1.